The molecule has 5 nitrogen and oxygen atoms in total. The highest BCUT2D eigenvalue weighted by Crippen LogP contribution is 2.30. The predicted octanol–water partition coefficient (Wildman–Crippen LogP) is 3.20. The van der Waals surface area contributed by atoms with Gasteiger partial charge in [-0.2, -0.15) is 0 Å². The SMILES string of the molecule is Cc1csc(SCC(=O)c2cc(C)n(C3CCS(=O)(=O)C3)c2C)n1. The Morgan fingerprint density at radius 3 is 2.75 bits per heavy atom. The number of hydrogen-bond donors (Lipinski definition) is 0. The van der Waals surface area contributed by atoms with Gasteiger partial charge in [-0.25, -0.2) is 13.4 Å². The van der Waals surface area contributed by atoms with Gasteiger partial charge in [-0.1, -0.05) is 11.8 Å². The molecule has 3 heterocycles. The van der Waals surface area contributed by atoms with E-state index in [0.717, 1.165) is 21.4 Å². The van der Waals surface area contributed by atoms with Gasteiger partial charge in [-0.3, -0.25) is 4.79 Å². The average Bonchev–Trinajstić information content (AvgIpc) is 3.15. The van der Waals surface area contributed by atoms with Crippen molar-refractivity contribution in [2.24, 2.45) is 0 Å². The molecule has 1 aliphatic rings. The number of aryl methyl sites for hydroxylation is 2. The van der Waals surface area contributed by atoms with Crippen LogP contribution in [0.4, 0.5) is 0 Å². The van der Waals surface area contributed by atoms with Crippen LogP contribution < -0.4 is 0 Å². The molecular formula is C16H20N2O3S3. The van der Waals surface area contributed by atoms with Crippen LogP contribution >= 0.6 is 23.1 Å². The second-order valence-electron chi connectivity index (χ2n) is 6.18. The number of rotatable bonds is 5. The molecule has 1 aliphatic heterocycles. The third-order valence-corrected chi connectivity index (χ3v) is 8.17. The minimum Gasteiger partial charge on any atom is -0.344 e. The maximum atomic E-state index is 12.6. The van der Waals surface area contributed by atoms with Crippen LogP contribution in [-0.2, 0) is 9.84 Å². The fourth-order valence-corrected chi connectivity index (χ4v) is 6.64. The second-order valence-corrected chi connectivity index (χ2v) is 10.5. The molecule has 0 radical (unpaired) electrons. The van der Waals surface area contributed by atoms with E-state index in [9.17, 15) is 13.2 Å². The van der Waals surface area contributed by atoms with Gasteiger partial charge in [0.15, 0.2) is 20.0 Å². The topological polar surface area (TPSA) is 69.0 Å². The van der Waals surface area contributed by atoms with Crippen molar-refractivity contribution in [3.63, 3.8) is 0 Å². The molecule has 24 heavy (non-hydrogen) atoms. The van der Waals surface area contributed by atoms with Crippen LogP contribution in [0.2, 0.25) is 0 Å². The molecule has 1 fully saturated rings. The molecule has 0 bridgehead atoms. The second kappa shape index (κ2) is 6.65. The first kappa shape index (κ1) is 17.7. The average molecular weight is 385 g/mol. The zero-order chi connectivity index (χ0) is 17.5. The zero-order valence-corrected chi connectivity index (χ0v) is 16.4. The molecule has 3 rings (SSSR count). The molecule has 130 valence electrons. The molecule has 2 aromatic heterocycles. The van der Waals surface area contributed by atoms with Gasteiger partial charge in [-0.15, -0.1) is 11.3 Å². The van der Waals surface area contributed by atoms with Crippen LogP contribution in [-0.4, -0.2) is 41.0 Å². The van der Waals surface area contributed by atoms with Crippen LogP contribution in [0.15, 0.2) is 15.8 Å². The molecule has 8 heteroatoms. The van der Waals surface area contributed by atoms with Gasteiger partial charge in [0, 0.05) is 34.1 Å². The van der Waals surface area contributed by atoms with Gasteiger partial charge >= 0.3 is 0 Å². The molecule has 0 spiro atoms. The summed E-state index contributed by atoms with van der Waals surface area (Å²) in [6, 6.07) is 1.84. The van der Waals surface area contributed by atoms with E-state index < -0.39 is 9.84 Å². The lowest BCUT2D eigenvalue weighted by Gasteiger charge is -2.16. The highest BCUT2D eigenvalue weighted by molar-refractivity contribution is 8.01. The summed E-state index contributed by atoms with van der Waals surface area (Å²) in [6.07, 6.45) is 0.624. The Labute approximate surface area is 150 Å². The smallest absolute Gasteiger partial charge is 0.174 e. The zero-order valence-electron chi connectivity index (χ0n) is 13.9. The van der Waals surface area contributed by atoms with Crippen LogP contribution in [0, 0.1) is 20.8 Å². The number of Topliss-reactive ketones (excluding diaryl/α,β-unsaturated/α-hetero) is 1. The Bertz CT molecular complexity index is 881. The number of hydrogen-bond acceptors (Lipinski definition) is 6. The van der Waals surface area contributed by atoms with Crippen LogP contribution in [0.25, 0.3) is 0 Å². The standard InChI is InChI=1S/C16H20N2O3S3/c1-10-7-22-16(17-10)23-8-15(19)14-6-11(2)18(12(14)3)13-4-5-24(20,21)9-13/h6-7,13H,4-5,8-9H2,1-3H3. The molecule has 2 aromatic rings. The fourth-order valence-electron chi connectivity index (χ4n) is 3.20. The van der Waals surface area contributed by atoms with Gasteiger partial charge in [-0.05, 0) is 33.3 Å². The van der Waals surface area contributed by atoms with Crippen LogP contribution in [0.3, 0.4) is 0 Å². The van der Waals surface area contributed by atoms with Crippen LogP contribution in [0.1, 0.15) is 39.9 Å². The van der Waals surface area contributed by atoms with E-state index in [-0.39, 0.29) is 23.3 Å². The van der Waals surface area contributed by atoms with E-state index in [1.54, 1.807) is 11.3 Å². The van der Waals surface area contributed by atoms with Gasteiger partial charge in [0.1, 0.15) is 0 Å². The third-order valence-electron chi connectivity index (χ3n) is 4.28. The summed E-state index contributed by atoms with van der Waals surface area (Å²) in [5, 5.41) is 1.97. The quantitative estimate of drug-likeness (QED) is 0.585. The first-order valence-electron chi connectivity index (χ1n) is 7.74. The van der Waals surface area contributed by atoms with Crippen molar-refractivity contribution >= 4 is 38.7 Å². The predicted molar refractivity (Wildman–Crippen MR) is 98.1 cm³/mol. The van der Waals surface area contributed by atoms with Gasteiger partial charge in [0.25, 0.3) is 0 Å². The lowest BCUT2D eigenvalue weighted by molar-refractivity contribution is 0.102. The number of sulfone groups is 1. The maximum absolute atomic E-state index is 12.6. The van der Waals surface area contributed by atoms with Crippen molar-refractivity contribution in [1.82, 2.24) is 9.55 Å². The number of thiazole rings is 1. The molecule has 1 atom stereocenters. The van der Waals surface area contributed by atoms with Crippen molar-refractivity contribution in [2.45, 2.75) is 37.6 Å². The fraction of sp³-hybridized carbons (Fsp3) is 0.500. The van der Waals surface area contributed by atoms with Crippen molar-refractivity contribution in [3.8, 4) is 0 Å². The maximum Gasteiger partial charge on any atom is 0.174 e. The minimum absolute atomic E-state index is 0.0502. The minimum atomic E-state index is -2.95. The van der Waals surface area contributed by atoms with Gasteiger partial charge in [0.05, 0.1) is 17.3 Å². The Hall–Kier alpha value is -1.12. The summed E-state index contributed by atoms with van der Waals surface area (Å²) in [6.45, 7) is 5.78. The van der Waals surface area contributed by atoms with Gasteiger partial charge < -0.3 is 4.57 Å². The molecule has 1 saturated heterocycles. The summed E-state index contributed by atoms with van der Waals surface area (Å²) < 4.78 is 26.4. The number of nitrogens with zero attached hydrogens (tertiary/aromatic N) is 2. The molecular weight excluding hydrogens is 364 g/mol. The van der Waals surface area contributed by atoms with Crippen molar-refractivity contribution < 1.29 is 13.2 Å². The summed E-state index contributed by atoms with van der Waals surface area (Å²) in [5.41, 5.74) is 3.48. The monoisotopic (exact) mass is 384 g/mol. The van der Waals surface area contributed by atoms with E-state index in [2.05, 4.69) is 4.98 Å². The largest absolute Gasteiger partial charge is 0.344 e. The lowest BCUT2D eigenvalue weighted by atomic mass is 10.2. The molecule has 0 aliphatic carbocycles. The first-order valence-corrected chi connectivity index (χ1v) is 11.4. The number of carbonyl (C=O) groups excluding carboxylic acids is 1. The molecule has 0 amide bonds. The third kappa shape index (κ3) is 3.60. The van der Waals surface area contributed by atoms with E-state index in [1.807, 2.05) is 36.8 Å². The molecule has 0 saturated carbocycles. The van der Waals surface area contributed by atoms with Crippen molar-refractivity contribution in [3.05, 3.63) is 34.1 Å². The Balaban J connectivity index is 1.77. The van der Waals surface area contributed by atoms with E-state index in [1.165, 1.54) is 11.8 Å². The Kier molecular flexibility index (Phi) is 4.90. The van der Waals surface area contributed by atoms with E-state index in [0.29, 0.717) is 17.7 Å². The highest BCUT2D eigenvalue weighted by Gasteiger charge is 2.31. The number of aromatic nitrogens is 2. The van der Waals surface area contributed by atoms with E-state index in [4.69, 9.17) is 0 Å². The molecule has 1 unspecified atom stereocenters. The van der Waals surface area contributed by atoms with E-state index >= 15 is 0 Å². The lowest BCUT2D eigenvalue weighted by Crippen LogP contribution is -2.14. The number of thioether (sulfide) groups is 1. The summed E-state index contributed by atoms with van der Waals surface area (Å²) in [4.78, 5) is 16.9. The molecule has 0 aromatic carbocycles. The van der Waals surface area contributed by atoms with Crippen LogP contribution in [0.5, 0.6) is 0 Å². The van der Waals surface area contributed by atoms with Crippen molar-refractivity contribution in [2.75, 3.05) is 17.3 Å². The molecule has 0 N–H and O–H groups in total. The summed E-state index contributed by atoms with van der Waals surface area (Å²) in [7, 11) is -2.95. The Morgan fingerprint density at radius 2 is 2.17 bits per heavy atom. The normalized spacial score (nSPS) is 19.7. The number of carbonyl (C=O) groups is 1. The Morgan fingerprint density at radius 1 is 1.42 bits per heavy atom. The van der Waals surface area contributed by atoms with Crippen molar-refractivity contribution in [1.29, 1.82) is 0 Å². The first-order chi connectivity index (χ1) is 11.3. The summed E-state index contributed by atoms with van der Waals surface area (Å²) >= 11 is 3.00. The highest BCUT2D eigenvalue weighted by atomic mass is 32.2. The summed E-state index contributed by atoms with van der Waals surface area (Å²) in [5.74, 6) is 0.815. The van der Waals surface area contributed by atoms with Gasteiger partial charge in [0.2, 0.25) is 0 Å². The number of ketones is 1.